The van der Waals surface area contributed by atoms with Gasteiger partial charge >= 0.3 is 0 Å². The monoisotopic (exact) mass is 359 g/mol. The van der Waals surface area contributed by atoms with Gasteiger partial charge in [-0.15, -0.1) is 0 Å². The average molecular weight is 359 g/mol. The Labute approximate surface area is 155 Å². The highest BCUT2D eigenvalue weighted by Gasteiger charge is 2.33. The van der Waals surface area contributed by atoms with Crippen molar-refractivity contribution in [1.82, 2.24) is 0 Å². The third kappa shape index (κ3) is 5.70. The molecule has 1 N–H and O–H groups in total. The summed E-state index contributed by atoms with van der Waals surface area (Å²) in [7, 11) is 0. The molecular formula is C20H29N3O3. The lowest BCUT2D eigenvalue weighted by atomic mass is 9.79. The lowest BCUT2D eigenvalue weighted by molar-refractivity contribution is -0.384. The topological polar surface area (TPSA) is 88.2 Å². The van der Waals surface area contributed by atoms with Crippen molar-refractivity contribution in [3.63, 3.8) is 0 Å². The van der Waals surface area contributed by atoms with E-state index in [2.05, 4.69) is 19.2 Å². The number of nitriles is 1. The third-order valence-corrected chi connectivity index (χ3v) is 5.14. The fourth-order valence-electron chi connectivity index (χ4n) is 3.72. The van der Waals surface area contributed by atoms with E-state index >= 15 is 0 Å². The molecule has 0 aromatic heterocycles. The maximum absolute atomic E-state index is 11.2. The van der Waals surface area contributed by atoms with E-state index in [0.717, 1.165) is 38.7 Å². The van der Waals surface area contributed by atoms with Crippen LogP contribution >= 0.6 is 0 Å². The second-order valence-corrected chi connectivity index (χ2v) is 7.45. The number of benzene rings is 1. The van der Waals surface area contributed by atoms with Crippen molar-refractivity contribution in [2.45, 2.75) is 64.4 Å². The van der Waals surface area contributed by atoms with Gasteiger partial charge in [-0.3, -0.25) is 10.1 Å². The molecule has 1 aliphatic carbocycles. The summed E-state index contributed by atoms with van der Waals surface area (Å²) in [5, 5.41) is 23.4. The highest BCUT2D eigenvalue weighted by Crippen LogP contribution is 2.36. The van der Waals surface area contributed by atoms with E-state index in [0.29, 0.717) is 23.7 Å². The van der Waals surface area contributed by atoms with Crippen LogP contribution in [0.25, 0.3) is 0 Å². The van der Waals surface area contributed by atoms with Gasteiger partial charge in [0.1, 0.15) is 5.69 Å². The molecule has 0 radical (unpaired) electrons. The minimum absolute atomic E-state index is 0.0124. The van der Waals surface area contributed by atoms with Gasteiger partial charge in [0.05, 0.1) is 22.2 Å². The minimum atomic E-state index is -0.411. The van der Waals surface area contributed by atoms with Gasteiger partial charge in [-0.25, -0.2) is 0 Å². The van der Waals surface area contributed by atoms with E-state index < -0.39 is 4.92 Å². The van der Waals surface area contributed by atoms with Crippen LogP contribution in [0.2, 0.25) is 0 Å². The number of hydrogen-bond donors (Lipinski definition) is 1. The lowest BCUT2D eigenvalue weighted by Gasteiger charge is -2.38. The molecule has 2 rings (SSSR count). The number of ether oxygens (including phenoxy) is 1. The van der Waals surface area contributed by atoms with Gasteiger partial charge in [-0.2, -0.15) is 5.26 Å². The molecule has 1 fully saturated rings. The second-order valence-electron chi connectivity index (χ2n) is 7.45. The van der Waals surface area contributed by atoms with Gasteiger partial charge in [-0.1, -0.05) is 26.2 Å². The lowest BCUT2D eigenvalue weighted by Crippen LogP contribution is -2.37. The Kier molecular flexibility index (Phi) is 7.40. The van der Waals surface area contributed by atoms with Gasteiger partial charge in [0.2, 0.25) is 0 Å². The van der Waals surface area contributed by atoms with Crippen LogP contribution in [0.4, 0.5) is 11.4 Å². The van der Waals surface area contributed by atoms with Crippen LogP contribution in [-0.4, -0.2) is 23.7 Å². The molecule has 0 bridgehead atoms. The van der Waals surface area contributed by atoms with Crippen LogP contribution in [0.3, 0.4) is 0 Å². The normalized spacial score (nSPS) is 22.6. The van der Waals surface area contributed by atoms with Crippen molar-refractivity contribution in [2.24, 2.45) is 5.92 Å². The van der Waals surface area contributed by atoms with Crippen LogP contribution in [0.1, 0.15) is 64.4 Å². The molecular weight excluding hydrogens is 330 g/mol. The predicted octanol–water partition coefficient (Wildman–Crippen LogP) is 5.03. The predicted molar refractivity (Wildman–Crippen MR) is 102 cm³/mol. The van der Waals surface area contributed by atoms with Gasteiger partial charge < -0.3 is 10.1 Å². The number of nitrogens with one attached hydrogen (secondary N) is 1. The molecule has 1 aromatic rings. The quantitative estimate of drug-likeness (QED) is 0.379. The van der Waals surface area contributed by atoms with Crippen molar-refractivity contribution in [3.05, 3.63) is 33.9 Å². The number of hydrogen-bond acceptors (Lipinski definition) is 5. The highest BCUT2D eigenvalue weighted by atomic mass is 16.6. The number of rotatable bonds is 9. The Bertz CT molecular complexity index is 656. The van der Waals surface area contributed by atoms with E-state index in [4.69, 9.17) is 10.00 Å². The van der Waals surface area contributed by atoms with Gasteiger partial charge in [0.25, 0.3) is 5.69 Å². The zero-order valence-electron chi connectivity index (χ0n) is 15.8. The molecule has 6 nitrogen and oxygen atoms in total. The summed E-state index contributed by atoms with van der Waals surface area (Å²) >= 11 is 0. The van der Waals surface area contributed by atoms with Crippen LogP contribution < -0.4 is 5.32 Å². The zero-order valence-corrected chi connectivity index (χ0v) is 15.8. The molecule has 1 unspecified atom stereocenters. The molecule has 26 heavy (non-hydrogen) atoms. The number of nitrogens with zero attached hydrogens (tertiary/aromatic N) is 2. The first-order chi connectivity index (χ1) is 12.5. The van der Waals surface area contributed by atoms with E-state index in [9.17, 15) is 10.1 Å². The molecule has 0 aliphatic heterocycles. The van der Waals surface area contributed by atoms with Crippen molar-refractivity contribution in [3.8, 4) is 6.07 Å². The molecule has 0 spiro atoms. The Balaban J connectivity index is 1.95. The number of anilines is 1. The molecule has 0 amide bonds. The van der Waals surface area contributed by atoms with Gasteiger partial charge in [-0.05, 0) is 50.7 Å². The number of unbranched alkanes of at least 4 members (excludes halogenated alkanes) is 2. The molecule has 0 saturated heterocycles. The molecule has 1 saturated carbocycles. The number of nitro groups is 1. The highest BCUT2D eigenvalue weighted by molar-refractivity contribution is 5.64. The smallest absolute Gasteiger partial charge is 0.292 e. The second kappa shape index (κ2) is 9.54. The van der Waals surface area contributed by atoms with Crippen molar-refractivity contribution >= 4 is 11.4 Å². The summed E-state index contributed by atoms with van der Waals surface area (Å²) in [5.41, 5.74) is 0.758. The van der Waals surface area contributed by atoms with Crippen molar-refractivity contribution < 1.29 is 9.66 Å². The average Bonchev–Trinajstić information content (AvgIpc) is 2.63. The van der Waals surface area contributed by atoms with E-state index in [1.54, 1.807) is 6.07 Å². The largest absolute Gasteiger partial charge is 0.379 e. The Morgan fingerprint density at radius 3 is 2.96 bits per heavy atom. The van der Waals surface area contributed by atoms with Crippen molar-refractivity contribution in [1.29, 1.82) is 5.26 Å². The van der Waals surface area contributed by atoms with Gasteiger partial charge in [0.15, 0.2) is 0 Å². The maximum atomic E-state index is 11.2. The molecule has 6 heteroatoms. The molecule has 142 valence electrons. The SMILES string of the molecule is CCCCCOC1(C)CCC[C@H](CNc2cc(C#N)ccc2[N+](=O)[O-])C1. The summed E-state index contributed by atoms with van der Waals surface area (Å²) in [6.45, 7) is 5.83. The summed E-state index contributed by atoms with van der Waals surface area (Å²) in [6.07, 6.45) is 7.70. The zero-order chi connectivity index (χ0) is 19.0. The minimum Gasteiger partial charge on any atom is -0.379 e. The Morgan fingerprint density at radius 1 is 1.46 bits per heavy atom. The molecule has 1 aliphatic rings. The summed E-state index contributed by atoms with van der Waals surface area (Å²) in [5.74, 6) is 0.408. The summed E-state index contributed by atoms with van der Waals surface area (Å²) < 4.78 is 6.17. The molecule has 2 atom stereocenters. The van der Waals surface area contributed by atoms with E-state index in [1.807, 2.05) is 6.07 Å². The van der Waals surface area contributed by atoms with E-state index in [1.165, 1.54) is 25.0 Å². The fourth-order valence-corrected chi connectivity index (χ4v) is 3.72. The van der Waals surface area contributed by atoms with Crippen LogP contribution in [-0.2, 0) is 4.74 Å². The van der Waals surface area contributed by atoms with E-state index in [-0.39, 0.29) is 11.3 Å². The first-order valence-corrected chi connectivity index (χ1v) is 9.54. The molecule has 0 heterocycles. The van der Waals surface area contributed by atoms with Crippen LogP contribution in [0, 0.1) is 27.4 Å². The Morgan fingerprint density at radius 2 is 2.27 bits per heavy atom. The third-order valence-electron chi connectivity index (χ3n) is 5.14. The van der Waals surface area contributed by atoms with Crippen LogP contribution in [0.15, 0.2) is 18.2 Å². The number of nitro benzene ring substituents is 1. The maximum Gasteiger partial charge on any atom is 0.292 e. The Hall–Kier alpha value is -2.13. The van der Waals surface area contributed by atoms with Crippen molar-refractivity contribution in [2.75, 3.05) is 18.5 Å². The summed E-state index contributed by atoms with van der Waals surface area (Å²) in [6, 6.07) is 6.46. The van der Waals surface area contributed by atoms with Crippen LogP contribution in [0.5, 0.6) is 0 Å². The fraction of sp³-hybridized carbons (Fsp3) is 0.650. The standard InChI is InChI=1S/C20H29N3O3/c1-3-4-5-11-26-20(2)10-6-7-17(13-20)15-22-18-12-16(14-21)8-9-19(18)23(24)25/h8-9,12,17,22H,3-7,10-11,13,15H2,1-2H3/t17-,20?/m0/s1. The first-order valence-electron chi connectivity index (χ1n) is 9.54. The molecule has 1 aromatic carbocycles. The summed E-state index contributed by atoms with van der Waals surface area (Å²) in [4.78, 5) is 10.8. The first kappa shape index (κ1) is 20.2. The van der Waals surface area contributed by atoms with Gasteiger partial charge in [0, 0.05) is 19.2 Å².